The molecule has 5 nitrogen and oxygen atoms in total. The minimum Gasteiger partial charge on any atom is -0.329 e. The number of hydrogen-bond donors (Lipinski definition) is 2. The Balaban J connectivity index is 2.40. The molecule has 1 aliphatic rings. The second-order valence-corrected chi connectivity index (χ2v) is 6.06. The molecule has 0 saturated carbocycles. The van der Waals surface area contributed by atoms with Gasteiger partial charge in [0, 0.05) is 6.54 Å². The van der Waals surface area contributed by atoms with Crippen molar-refractivity contribution >= 4 is 15.9 Å². The number of anilines is 1. The van der Waals surface area contributed by atoms with Gasteiger partial charge in [-0.3, -0.25) is 4.31 Å². The van der Waals surface area contributed by atoms with Crippen LogP contribution in [0.5, 0.6) is 0 Å². The fraction of sp³-hybridized carbons (Fsp3) is 0.455. The Kier molecular flexibility index (Phi) is 3.11. The molecule has 0 radical (unpaired) electrons. The van der Waals surface area contributed by atoms with Crippen molar-refractivity contribution in [1.29, 1.82) is 0 Å². The Labute approximate surface area is 102 Å². The number of benzene rings is 1. The average Bonchev–Trinajstić information content (AvgIpc) is 2.52. The van der Waals surface area contributed by atoms with Crippen molar-refractivity contribution in [1.82, 2.24) is 4.72 Å². The lowest BCUT2D eigenvalue weighted by molar-refractivity contribution is 0.583. The van der Waals surface area contributed by atoms with E-state index in [9.17, 15) is 8.42 Å². The summed E-state index contributed by atoms with van der Waals surface area (Å²) in [5, 5.41) is 0. The molecule has 1 unspecified atom stereocenters. The van der Waals surface area contributed by atoms with Gasteiger partial charge in [-0.1, -0.05) is 6.07 Å². The Morgan fingerprint density at radius 2 is 1.94 bits per heavy atom. The standard InChI is InChI=1S/C11H17N3O2S/c1-8-3-9(2)5-11(4-8)14-7-10(6-12)13-17(14,15)16/h3-5,10,13H,6-7,12H2,1-2H3. The zero-order valence-electron chi connectivity index (χ0n) is 9.97. The van der Waals surface area contributed by atoms with Gasteiger partial charge in [-0.15, -0.1) is 0 Å². The summed E-state index contributed by atoms with van der Waals surface area (Å²) >= 11 is 0. The monoisotopic (exact) mass is 255 g/mol. The highest BCUT2D eigenvalue weighted by Gasteiger charge is 2.34. The van der Waals surface area contributed by atoms with Crippen LogP contribution in [0.25, 0.3) is 0 Å². The topological polar surface area (TPSA) is 75.4 Å². The first-order valence-corrected chi connectivity index (χ1v) is 6.95. The molecular formula is C11H17N3O2S. The van der Waals surface area contributed by atoms with Gasteiger partial charge in [-0.2, -0.15) is 13.1 Å². The van der Waals surface area contributed by atoms with Crippen LogP contribution in [0.2, 0.25) is 0 Å². The van der Waals surface area contributed by atoms with E-state index < -0.39 is 10.2 Å². The highest BCUT2D eigenvalue weighted by molar-refractivity contribution is 7.91. The molecule has 1 aromatic carbocycles. The van der Waals surface area contributed by atoms with Crippen LogP contribution in [-0.4, -0.2) is 27.5 Å². The van der Waals surface area contributed by atoms with Gasteiger partial charge in [-0.25, -0.2) is 0 Å². The van der Waals surface area contributed by atoms with E-state index in [4.69, 9.17) is 5.73 Å². The molecule has 1 saturated heterocycles. The van der Waals surface area contributed by atoms with Crippen LogP contribution in [0, 0.1) is 13.8 Å². The molecule has 3 N–H and O–H groups in total. The van der Waals surface area contributed by atoms with Crippen LogP contribution in [0.4, 0.5) is 5.69 Å². The number of nitrogens with one attached hydrogen (secondary N) is 1. The van der Waals surface area contributed by atoms with Crippen molar-refractivity contribution < 1.29 is 8.42 Å². The molecule has 1 atom stereocenters. The first-order chi connectivity index (χ1) is 7.92. The summed E-state index contributed by atoms with van der Waals surface area (Å²) in [6.45, 7) is 4.60. The van der Waals surface area contributed by atoms with E-state index in [1.54, 1.807) is 0 Å². The summed E-state index contributed by atoms with van der Waals surface area (Å²) in [5.74, 6) is 0. The molecule has 94 valence electrons. The molecule has 2 rings (SSSR count). The molecule has 0 aromatic heterocycles. The summed E-state index contributed by atoms with van der Waals surface area (Å²) in [7, 11) is -3.43. The third kappa shape index (κ3) is 2.43. The summed E-state index contributed by atoms with van der Waals surface area (Å²) in [5.41, 5.74) is 8.30. The van der Waals surface area contributed by atoms with Crippen molar-refractivity contribution in [2.45, 2.75) is 19.9 Å². The third-order valence-corrected chi connectivity index (χ3v) is 4.34. The minimum atomic E-state index is -3.43. The van der Waals surface area contributed by atoms with Crippen LogP contribution in [0.15, 0.2) is 18.2 Å². The van der Waals surface area contributed by atoms with Crippen molar-refractivity contribution in [2.24, 2.45) is 5.73 Å². The zero-order chi connectivity index (χ0) is 12.6. The van der Waals surface area contributed by atoms with Crippen molar-refractivity contribution in [2.75, 3.05) is 17.4 Å². The van der Waals surface area contributed by atoms with Gasteiger partial charge < -0.3 is 5.73 Å². The fourth-order valence-electron chi connectivity index (χ4n) is 2.07. The normalized spacial score (nSPS) is 23.0. The van der Waals surface area contributed by atoms with E-state index in [0.29, 0.717) is 18.8 Å². The average molecular weight is 255 g/mol. The van der Waals surface area contributed by atoms with Gasteiger partial charge in [0.05, 0.1) is 18.3 Å². The molecule has 0 spiro atoms. The SMILES string of the molecule is Cc1cc(C)cc(N2CC(CN)NS2(=O)=O)c1. The molecule has 0 aliphatic carbocycles. The predicted octanol–water partition coefficient (Wildman–Crippen LogP) is 0.285. The largest absolute Gasteiger partial charge is 0.329 e. The number of rotatable bonds is 2. The van der Waals surface area contributed by atoms with Crippen LogP contribution < -0.4 is 14.8 Å². The number of aryl methyl sites for hydroxylation is 2. The summed E-state index contributed by atoms with van der Waals surface area (Å²) in [6.07, 6.45) is 0. The van der Waals surface area contributed by atoms with Crippen LogP contribution in [0.3, 0.4) is 0 Å². The smallest absolute Gasteiger partial charge is 0.301 e. The molecule has 0 bridgehead atoms. The second kappa shape index (κ2) is 4.29. The molecule has 0 amide bonds. The minimum absolute atomic E-state index is 0.208. The van der Waals surface area contributed by atoms with E-state index in [-0.39, 0.29) is 6.04 Å². The maximum atomic E-state index is 11.9. The van der Waals surface area contributed by atoms with E-state index in [1.807, 2.05) is 32.0 Å². The quantitative estimate of drug-likeness (QED) is 0.797. The van der Waals surface area contributed by atoms with E-state index in [1.165, 1.54) is 4.31 Å². The van der Waals surface area contributed by atoms with Crippen LogP contribution in [0.1, 0.15) is 11.1 Å². The third-order valence-electron chi connectivity index (χ3n) is 2.77. The van der Waals surface area contributed by atoms with Gasteiger partial charge in [0.1, 0.15) is 0 Å². The lowest BCUT2D eigenvalue weighted by atomic mass is 10.1. The molecular weight excluding hydrogens is 238 g/mol. The van der Waals surface area contributed by atoms with Crippen LogP contribution >= 0.6 is 0 Å². The second-order valence-electron chi connectivity index (χ2n) is 4.43. The number of nitrogens with zero attached hydrogens (tertiary/aromatic N) is 1. The van der Waals surface area contributed by atoms with Gasteiger partial charge in [0.25, 0.3) is 0 Å². The maximum Gasteiger partial charge on any atom is 0.301 e. The highest BCUT2D eigenvalue weighted by Crippen LogP contribution is 2.24. The van der Waals surface area contributed by atoms with E-state index >= 15 is 0 Å². The van der Waals surface area contributed by atoms with Gasteiger partial charge >= 0.3 is 10.2 Å². The Bertz CT molecular complexity index is 507. The fourth-order valence-corrected chi connectivity index (χ4v) is 3.55. The molecule has 1 fully saturated rings. The van der Waals surface area contributed by atoms with Gasteiger partial charge in [0.15, 0.2) is 0 Å². The summed E-state index contributed by atoms with van der Waals surface area (Å²) < 4.78 is 27.7. The Hall–Kier alpha value is -1.11. The van der Waals surface area contributed by atoms with Gasteiger partial charge in [0.2, 0.25) is 0 Å². The summed E-state index contributed by atoms with van der Waals surface area (Å²) in [6, 6.07) is 5.54. The number of nitrogens with two attached hydrogens (primary N) is 1. The van der Waals surface area contributed by atoms with Crippen LogP contribution in [-0.2, 0) is 10.2 Å². The van der Waals surface area contributed by atoms with Crippen molar-refractivity contribution in [3.05, 3.63) is 29.3 Å². The molecule has 17 heavy (non-hydrogen) atoms. The highest BCUT2D eigenvalue weighted by atomic mass is 32.2. The molecule has 6 heteroatoms. The van der Waals surface area contributed by atoms with Crippen molar-refractivity contribution in [3.63, 3.8) is 0 Å². The maximum absolute atomic E-state index is 11.9. The summed E-state index contributed by atoms with van der Waals surface area (Å²) in [4.78, 5) is 0. The first kappa shape index (κ1) is 12.3. The van der Waals surface area contributed by atoms with E-state index in [2.05, 4.69) is 4.72 Å². The molecule has 1 aromatic rings. The van der Waals surface area contributed by atoms with E-state index in [0.717, 1.165) is 11.1 Å². The molecule has 1 aliphatic heterocycles. The Morgan fingerprint density at radius 3 is 2.41 bits per heavy atom. The lowest BCUT2D eigenvalue weighted by Gasteiger charge is -2.17. The number of hydrogen-bond acceptors (Lipinski definition) is 3. The predicted molar refractivity (Wildman–Crippen MR) is 68.2 cm³/mol. The zero-order valence-corrected chi connectivity index (χ0v) is 10.8. The Morgan fingerprint density at radius 1 is 1.35 bits per heavy atom. The van der Waals surface area contributed by atoms with Crippen molar-refractivity contribution in [3.8, 4) is 0 Å². The lowest BCUT2D eigenvalue weighted by Crippen LogP contribution is -2.34. The van der Waals surface area contributed by atoms with Gasteiger partial charge in [-0.05, 0) is 37.1 Å². The first-order valence-electron chi connectivity index (χ1n) is 5.51. The molecule has 1 heterocycles.